The van der Waals surface area contributed by atoms with Gasteiger partial charge in [-0.15, -0.1) is 6.42 Å². The van der Waals surface area contributed by atoms with Crippen LogP contribution in [-0.4, -0.2) is 11.1 Å². The number of rotatable bonds is 1. The first-order chi connectivity index (χ1) is 9.77. The zero-order valence-corrected chi connectivity index (χ0v) is 10.1. The molecule has 0 amide bonds. The molecule has 0 aliphatic rings. The predicted octanol–water partition coefficient (Wildman–Crippen LogP) is 0.118. The predicted molar refractivity (Wildman–Crippen MR) is 75.5 cm³/mol. The molecule has 0 heterocycles. The lowest BCUT2D eigenvalue weighted by atomic mass is 10.4. The Morgan fingerprint density at radius 2 is 1.05 bits per heavy atom. The molecule has 88 valence electrons. The summed E-state index contributed by atoms with van der Waals surface area (Å²) in [7, 11) is 0. The highest BCUT2D eigenvalue weighted by molar-refractivity contribution is 5.70. The number of hydrogen-bond donors (Lipinski definition) is 1. The number of hydrogen-bond acceptors (Lipinski definition) is 1. The van der Waals surface area contributed by atoms with E-state index in [1.165, 1.54) is 0 Å². The van der Waals surface area contributed by atoms with E-state index < -0.39 is 5.97 Å². The molecule has 0 unspecified atom stereocenters. The van der Waals surface area contributed by atoms with Crippen LogP contribution >= 0.6 is 0 Å². The van der Waals surface area contributed by atoms with Crippen LogP contribution in [0.4, 0.5) is 0 Å². The van der Waals surface area contributed by atoms with Gasteiger partial charge in [0.25, 0.3) is 0 Å². The Balaban J connectivity index is 4.27. The van der Waals surface area contributed by atoms with Crippen molar-refractivity contribution in [1.29, 1.82) is 0 Å². The van der Waals surface area contributed by atoms with Gasteiger partial charge in [-0.25, -0.2) is 0 Å². The van der Waals surface area contributed by atoms with E-state index in [4.69, 9.17) is 11.5 Å². The fourth-order valence-electron chi connectivity index (χ4n) is 0.544. The van der Waals surface area contributed by atoms with E-state index in [1.54, 1.807) is 0 Å². The molecule has 0 aromatic heterocycles. The van der Waals surface area contributed by atoms with Gasteiger partial charge in [0.2, 0.25) is 0 Å². The topological polar surface area (TPSA) is 37.3 Å². The lowest BCUT2D eigenvalue weighted by Crippen LogP contribution is -1.89. The van der Waals surface area contributed by atoms with E-state index >= 15 is 0 Å². The van der Waals surface area contributed by atoms with E-state index in [0.29, 0.717) is 0 Å². The fourth-order valence-corrected chi connectivity index (χ4v) is 0.544. The summed E-state index contributed by atoms with van der Waals surface area (Å²) in [6.45, 7) is 0. The van der Waals surface area contributed by atoms with Gasteiger partial charge < -0.3 is 5.11 Å². The zero-order chi connectivity index (χ0) is 14.9. The first-order valence-electron chi connectivity index (χ1n) is 4.92. The molecule has 20 heavy (non-hydrogen) atoms. The average Bonchev–Trinajstić information content (AvgIpc) is 2.43. The maximum Gasteiger partial charge on any atom is 0.315 e. The lowest BCUT2D eigenvalue weighted by Gasteiger charge is -1.73. The number of carbonyl (C=O) groups is 1. The van der Waals surface area contributed by atoms with Crippen LogP contribution in [0.5, 0.6) is 0 Å². The minimum atomic E-state index is -0.997. The van der Waals surface area contributed by atoms with Gasteiger partial charge in [0, 0.05) is 0 Å². The Hall–Kier alpha value is -4.05. The molecule has 0 spiro atoms. The summed E-state index contributed by atoms with van der Waals surface area (Å²) in [6.07, 6.45) is 4.63. The van der Waals surface area contributed by atoms with Crippen molar-refractivity contribution in [2.75, 3.05) is 0 Å². The summed E-state index contributed by atoms with van der Waals surface area (Å²) in [4.78, 5) is 10.1. The average molecular weight is 252 g/mol. The van der Waals surface area contributed by atoms with Crippen LogP contribution in [0.25, 0.3) is 0 Å². The Morgan fingerprint density at radius 3 is 1.40 bits per heavy atom. The van der Waals surface area contributed by atoms with Crippen molar-refractivity contribution >= 4 is 5.97 Å². The summed E-state index contributed by atoms with van der Waals surface area (Å²) < 4.78 is 0. The van der Waals surface area contributed by atoms with Crippen LogP contribution in [0, 0.1) is 95.2 Å². The Kier molecular flexibility index (Phi) is 10.4. The second kappa shape index (κ2) is 13.0. The smallest absolute Gasteiger partial charge is 0.315 e. The monoisotopic (exact) mass is 252 g/mol. The third-order valence-corrected chi connectivity index (χ3v) is 1.15. The lowest BCUT2D eigenvalue weighted by molar-refractivity contribution is -0.135. The maximum absolute atomic E-state index is 10.1. The highest BCUT2D eigenvalue weighted by Gasteiger charge is 1.86. The van der Waals surface area contributed by atoms with Gasteiger partial charge >= 0.3 is 5.97 Å². The molecule has 0 atom stereocenters. The number of carboxylic acid groups (broad SMARTS) is 1. The number of terminal acetylenes is 1. The van der Waals surface area contributed by atoms with Crippen LogP contribution in [0.1, 0.15) is 6.42 Å². The van der Waals surface area contributed by atoms with Crippen molar-refractivity contribution < 1.29 is 9.90 Å². The van der Waals surface area contributed by atoms with Gasteiger partial charge in [-0.3, -0.25) is 4.79 Å². The Bertz CT molecular complexity index is 846. The number of aliphatic carboxylic acids is 1. The molecule has 0 aromatic carbocycles. The largest absolute Gasteiger partial charge is 0.481 e. The molecule has 0 fully saturated rings. The summed E-state index contributed by atoms with van der Waals surface area (Å²) >= 11 is 0. The summed E-state index contributed by atoms with van der Waals surface area (Å²) in [5.74, 6) is 34.7. The van der Waals surface area contributed by atoms with Gasteiger partial charge in [0.1, 0.15) is 6.42 Å². The molecule has 0 aromatic rings. The van der Waals surface area contributed by atoms with Gasteiger partial charge in [-0.1, -0.05) is 5.92 Å². The van der Waals surface area contributed by atoms with Gasteiger partial charge in [-0.05, 0) is 82.9 Å². The van der Waals surface area contributed by atoms with E-state index in [9.17, 15) is 4.79 Å². The summed E-state index contributed by atoms with van der Waals surface area (Å²) in [5, 5.41) is 8.28. The molecule has 2 nitrogen and oxygen atoms in total. The van der Waals surface area contributed by atoms with Crippen molar-refractivity contribution in [2.24, 2.45) is 0 Å². The van der Waals surface area contributed by atoms with E-state index in [1.807, 2.05) is 0 Å². The van der Waals surface area contributed by atoms with Crippen molar-refractivity contribution in [1.82, 2.24) is 0 Å². The van der Waals surface area contributed by atoms with Crippen molar-refractivity contribution in [3.63, 3.8) is 0 Å². The van der Waals surface area contributed by atoms with Crippen LogP contribution in [0.2, 0.25) is 0 Å². The first kappa shape index (κ1) is 16.0. The molecule has 0 aliphatic heterocycles. The van der Waals surface area contributed by atoms with Crippen molar-refractivity contribution in [3.05, 3.63) is 0 Å². The molecule has 0 rings (SSSR count). The normalized spacial score (nSPS) is 4.75. The molecule has 1 N–H and O–H groups in total. The molecule has 2 heteroatoms. The maximum atomic E-state index is 10.1. The molecular weight excluding hydrogens is 248 g/mol. The SMILES string of the molecule is C#CC#CC#CC#CC#CC#CC#CC#CCC(=O)O. The van der Waals surface area contributed by atoms with Crippen molar-refractivity contribution in [3.8, 4) is 95.2 Å². The standard InChI is InChI=1S/C18H4O2/c1-2-3-4-5-6-7-8-9-10-11-12-13-14-15-16-17-18(19)20/h1H,17H2,(H,19,20). The van der Waals surface area contributed by atoms with E-state index in [0.717, 1.165) is 0 Å². The highest BCUT2D eigenvalue weighted by Crippen LogP contribution is 1.71. The van der Waals surface area contributed by atoms with Gasteiger partial charge in [-0.2, -0.15) is 0 Å². The fraction of sp³-hybridized carbons (Fsp3) is 0.0556. The second-order valence-corrected chi connectivity index (χ2v) is 2.52. The first-order valence-corrected chi connectivity index (χ1v) is 4.92. The summed E-state index contributed by atoms with van der Waals surface area (Å²) in [5.41, 5.74) is 0. The zero-order valence-electron chi connectivity index (χ0n) is 10.1. The second-order valence-electron chi connectivity index (χ2n) is 2.52. The van der Waals surface area contributed by atoms with Crippen LogP contribution in [0.3, 0.4) is 0 Å². The third-order valence-electron chi connectivity index (χ3n) is 1.15. The third kappa shape index (κ3) is 13.9. The van der Waals surface area contributed by atoms with E-state index in [-0.39, 0.29) is 6.42 Å². The van der Waals surface area contributed by atoms with E-state index in [2.05, 4.69) is 88.8 Å². The molecular formula is C18H4O2. The van der Waals surface area contributed by atoms with Gasteiger partial charge in [0.05, 0.1) is 0 Å². The molecule has 0 radical (unpaired) electrons. The highest BCUT2D eigenvalue weighted by atomic mass is 16.4. The van der Waals surface area contributed by atoms with Crippen LogP contribution in [0.15, 0.2) is 0 Å². The van der Waals surface area contributed by atoms with Crippen LogP contribution in [-0.2, 0) is 4.79 Å². The molecule has 0 saturated carbocycles. The quantitative estimate of drug-likeness (QED) is 0.673. The Morgan fingerprint density at radius 1 is 0.700 bits per heavy atom. The minimum Gasteiger partial charge on any atom is -0.481 e. The minimum absolute atomic E-state index is 0.246. The van der Waals surface area contributed by atoms with Gasteiger partial charge in [0.15, 0.2) is 0 Å². The summed E-state index contributed by atoms with van der Waals surface area (Å²) in [6, 6.07) is 0. The Labute approximate surface area is 118 Å². The molecule has 0 aliphatic carbocycles. The number of carboxylic acids is 1. The van der Waals surface area contributed by atoms with Crippen LogP contribution < -0.4 is 0 Å². The molecule has 0 bridgehead atoms. The molecule has 0 saturated heterocycles. The van der Waals surface area contributed by atoms with Crippen molar-refractivity contribution in [2.45, 2.75) is 6.42 Å².